The van der Waals surface area contributed by atoms with Crippen molar-refractivity contribution in [2.45, 2.75) is 56.7 Å². The van der Waals surface area contributed by atoms with E-state index >= 15 is 0 Å². The summed E-state index contributed by atoms with van der Waals surface area (Å²) in [6.07, 6.45) is 3.87. The fraction of sp³-hybridized carbons (Fsp3) is 0.441. The zero-order valence-electron chi connectivity index (χ0n) is 23.8. The minimum atomic E-state index is -0.982. The second-order valence-electron chi connectivity index (χ2n) is 11.2. The number of rotatable bonds is 11. The number of carbonyl (C=O) groups excluding carboxylic acids is 1. The van der Waals surface area contributed by atoms with Gasteiger partial charge >= 0.3 is 5.97 Å². The van der Waals surface area contributed by atoms with Gasteiger partial charge in [-0.05, 0) is 87.3 Å². The number of methoxy groups -OCH3 is 2. The van der Waals surface area contributed by atoms with Crippen LogP contribution in [0.3, 0.4) is 0 Å². The second-order valence-corrected chi connectivity index (χ2v) is 11.2. The molecule has 1 atom stereocenters. The standard InChI is InChI=1S/C34H43NO4/c1-33(2,32(36)39-4)27-19-17-26(18-20-27)31(38-3)16-11-23-35-24-21-30(22-25-35)34(37,28-12-7-5-8-13-28)29-14-9-6-10-15-29/h5-10,12-15,17-20,30-31,37H,11,16,21-25H2,1-4H3. The van der Waals surface area contributed by atoms with Crippen molar-refractivity contribution in [3.8, 4) is 0 Å². The van der Waals surface area contributed by atoms with E-state index in [0.717, 1.165) is 67.6 Å². The maximum atomic E-state index is 12.2. The first-order valence-corrected chi connectivity index (χ1v) is 14.1. The van der Waals surface area contributed by atoms with E-state index in [2.05, 4.69) is 17.0 Å². The van der Waals surface area contributed by atoms with Gasteiger partial charge in [-0.3, -0.25) is 4.79 Å². The Balaban J connectivity index is 1.33. The average molecular weight is 530 g/mol. The van der Waals surface area contributed by atoms with Crippen molar-refractivity contribution in [3.05, 3.63) is 107 Å². The third-order valence-electron chi connectivity index (χ3n) is 8.53. The lowest BCUT2D eigenvalue weighted by Gasteiger charge is -2.42. The summed E-state index contributed by atoms with van der Waals surface area (Å²) in [5.41, 5.74) is 2.33. The largest absolute Gasteiger partial charge is 0.468 e. The van der Waals surface area contributed by atoms with Gasteiger partial charge in [0, 0.05) is 7.11 Å². The van der Waals surface area contributed by atoms with Gasteiger partial charge in [0.1, 0.15) is 5.60 Å². The van der Waals surface area contributed by atoms with Crippen molar-refractivity contribution < 1.29 is 19.4 Å². The lowest BCUT2D eigenvalue weighted by atomic mass is 9.72. The molecular formula is C34H43NO4. The van der Waals surface area contributed by atoms with Crippen LogP contribution in [-0.2, 0) is 25.3 Å². The van der Waals surface area contributed by atoms with Crippen molar-refractivity contribution in [1.82, 2.24) is 4.90 Å². The topological polar surface area (TPSA) is 59.0 Å². The molecule has 0 radical (unpaired) electrons. The van der Waals surface area contributed by atoms with Crippen molar-refractivity contribution in [3.63, 3.8) is 0 Å². The normalized spacial score (nSPS) is 16.1. The average Bonchev–Trinajstić information content (AvgIpc) is 2.99. The summed E-state index contributed by atoms with van der Waals surface area (Å²) in [5.74, 6) is -0.0775. The van der Waals surface area contributed by atoms with Crippen LogP contribution >= 0.6 is 0 Å². The molecule has 1 fully saturated rings. The highest BCUT2D eigenvalue weighted by Crippen LogP contribution is 2.42. The predicted octanol–water partition coefficient (Wildman–Crippen LogP) is 6.25. The molecule has 1 N–H and O–H groups in total. The van der Waals surface area contributed by atoms with Crippen molar-refractivity contribution >= 4 is 5.97 Å². The van der Waals surface area contributed by atoms with Crippen LogP contribution in [0.15, 0.2) is 84.9 Å². The van der Waals surface area contributed by atoms with Gasteiger partial charge in [0.25, 0.3) is 0 Å². The fourth-order valence-electron chi connectivity index (χ4n) is 6.01. The third-order valence-corrected chi connectivity index (χ3v) is 8.53. The maximum Gasteiger partial charge on any atom is 0.315 e. The molecule has 0 bridgehead atoms. The number of ether oxygens (including phenoxy) is 2. The SMILES string of the molecule is COC(=O)C(C)(C)c1ccc(C(CCCN2CCC(C(O)(c3ccccc3)c3ccccc3)CC2)OC)cc1. The van der Waals surface area contributed by atoms with Gasteiger partial charge in [-0.15, -0.1) is 0 Å². The fourth-order valence-corrected chi connectivity index (χ4v) is 6.01. The molecule has 3 aromatic rings. The van der Waals surface area contributed by atoms with Crippen LogP contribution in [0.5, 0.6) is 0 Å². The van der Waals surface area contributed by atoms with Crippen LogP contribution in [0.2, 0.25) is 0 Å². The first-order chi connectivity index (χ1) is 18.8. The highest BCUT2D eigenvalue weighted by atomic mass is 16.5. The van der Waals surface area contributed by atoms with E-state index in [4.69, 9.17) is 9.47 Å². The van der Waals surface area contributed by atoms with Gasteiger partial charge in [0.15, 0.2) is 0 Å². The highest BCUT2D eigenvalue weighted by molar-refractivity contribution is 5.82. The number of aliphatic hydroxyl groups is 1. The molecule has 4 rings (SSSR count). The minimum Gasteiger partial charge on any atom is -0.468 e. The van der Waals surface area contributed by atoms with Gasteiger partial charge in [-0.2, -0.15) is 0 Å². The quantitative estimate of drug-likeness (QED) is 0.298. The summed E-state index contributed by atoms with van der Waals surface area (Å²) in [7, 11) is 3.19. The number of carbonyl (C=O) groups is 1. The summed E-state index contributed by atoms with van der Waals surface area (Å²) >= 11 is 0. The first-order valence-electron chi connectivity index (χ1n) is 14.1. The number of benzene rings is 3. The summed E-state index contributed by atoms with van der Waals surface area (Å²) < 4.78 is 10.8. The molecule has 1 unspecified atom stereocenters. The van der Waals surface area contributed by atoms with Crippen LogP contribution in [-0.4, -0.2) is 49.8 Å². The van der Waals surface area contributed by atoms with E-state index < -0.39 is 11.0 Å². The van der Waals surface area contributed by atoms with Crippen molar-refractivity contribution in [1.29, 1.82) is 0 Å². The molecule has 0 amide bonds. The third kappa shape index (κ3) is 6.43. The lowest BCUT2D eigenvalue weighted by Crippen LogP contribution is -2.44. The molecule has 0 aliphatic carbocycles. The van der Waals surface area contributed by atoms with Gasteiger partial charge in [0.05, 0.1) is 18.6 Å². The zero-order chi connectivity index (χ0) is 27.9. The Morgan fingerprint density at radius 3 is 1.90 bits per heavy atom. The molecule has 1 aliphatic heterocycles. The second kappa shape index (κ2) is 12.9. The Morgan fingerprint density at radius 2 is 1.41 bits per heavy atom. The van der Waals surface area contributed by atoms with E-state index in [9.17, 15) is 9.90 Å². The van der Waals surface area contributed by atoms with Crippen LogP contribution < -0.4 is 0 Å². The first kappa shape index (κ1) is 29.0. The predicted molar refractivity (Wildman–Crippen MR) is 156 cm³/mol. The zero-order valence-corrected chi connectivity index (χ0v) is 23.8. The maximum absolute atomic E-state index is 12.2. The van der Waals surface area contributed by atoms with Crippen molar-refractivity contribution in [2.75, 3.05) is 33.9 Å². The summed E-state index contributed by atoms with van der Waals surface area (Å²) in [4.78, 5) is 14.7. The Hall–Kier alpha value is -2.99. The molecule has 5 nitrogen and oxygen atoms in total. The van der Waals surface area contributed by atoms with E-state index in [1.54, 1.807) is 7.11 Å². The Bertz CT molecular complexity index is 1130. The number of hydrogen-bond donors (Lipinski definition) is 1. The molecular weight excluding hydrogens is 486 g/mol. The summed E-state index contributed by atoms with van der Waals surface area (Å²) in [5, 5.41) is 12.1. The molecule has 1 aliphatic rings. The molecule has 39 heavy (non-hydrogen) atoms. The van der Waals surface area contributed by atoms with E-state index in [-0.39, 0.29) is 18.0 Å². The van der Waals surface area contributed by atoms with Crippen molar-refractivity contribution in [2.24, 2.45) is 5.92 Å². The van der Waals surface area contributed by atoms with Gasteiger partial charge in [0.2, 0.25) is 0 Å². The number of hydrogen-bond acceptors (Lipinski definition) is 5. The monoisotopic (exact) mass is 529 g/mol. The van der Waals surface area contributed by atoms with E-state index in [1.807, 2.05) is 86.6 Å². The number of esters is 1. The van der Waals surface area contributed by atoms with Gasteiger partial charge in [-0.1, -0.05) is 84.9 Å². The summed E-state index contributed by atoms with van der Waals surface area (Å²) in [6, 6.07) is 28.4. The molecule has 0 spiro atoms. The molecule has 1 heterocycles. The van der Waals surface area contributed by atoms with Gasteiger partial charge < -0.3 is 19.5 Å². The molecule has 0 saturated carbocycles. The van der Waals surface area contributed by atoms with Crippen LogP contribution in [0, 0.1) is 5.92 Å². The molecule has 208 valence electrons. The van der Waals surface area contributed by atoms with Crippen LogP contribution in [0.1, 0.15) is 67.9 Å². The van der Waals surface area contributed by atoms with Crippen LogP contribution in [0.4, 0.5) is 0 Å². The van der Waals surface area contributed by atoms with Crippen LogP contribution in [0.25, 0.3) is 0 Å². The van der Waals surface area contributed by atoms with E-state index in [0.29, 0.717) is 0 Å². The molecule has 5 heteroatoms. The number of likely N-dealkylation sites (tertiary alicyclic amines) is 1. The molecule has 1 saturated heterocycles. The number of piperidine rings is 1. The summed E-state index contributed by atoms with van der Waals surface area (Å²) in [6.45, 7) is 6.72. The number of nitrogens with zero attached hydrogens (tertiary/aromatic N) is 1. The van der Waals surface area contributed by atoms with E-state index in [1.165, 1.54) is 7.11 Å². The lowest BCUT2D eigenvalue weighted by molar-refractivity contribution is -0.146. The van der Waals surface area contributed by atoms with Gasteiger partial charge in [-0.25, -0.2) is 0 Å². The Labute approximate surface area is 233 Å². The molecule has 3 aromatic carbocycles. The Kier molecular flexibility index (Phi) is 9.60. The molecule has 0 aromatic heterocycles. The smallest absolute Gasteiger partial charge is 0.315 e. The highest BCUT2D eigenvalue weighted by Gasteiger charge is 2.41. The Morgan fingerprint density at radius 1 is 0.872 bits per heavy atom. The minimum absolute atomic E-state index is 0.0130.